The average molecular weight is 495 g/mol. The largest absolute Gasteiger partial charge is 0.352 e. The number of hydrogen-bond donors (Lipinski definition) is 1. The Morgan fingerprint density at radius 1 is 0.882 bits per heavy atom. The van der Waals surface area contributed by atoms with E-state index in [1.807, 2.05) is 80.6 Å². The maximum Gasteiger partial charge on any atom is 0.243 e. The molecule has 3 rings (SSSR count). The van der Waals surface area contributed by atoms with Crippen molar-refractivity contribution in [3.05, 3.63) is 107 Å². The summed E-state index contributed by atoms with van der Waals surface area (Å²) in [6.45, 7) is 4.17. The zero-order valence-corrected chi connectivity index (χ0v) is 21.2. The lowest BCUT2D eigenvalue weighted by Crippen LogP contribution is -2.52. The van der Waals surface area contributed by atoms with E-state index in [9.17, 15) is 9.59 Å². The van der Waals surface area contributed by atoms with Crippen LogP contribution in [0.1, 0.15) is 30.5 Å². The monoisotopic (exact) mass is 494 g/mol. The smallest absolute Gasteiger partial charge is 0.243 e. The first kappa shape index (κ1) is 25.9. The van der Waals surface area contributed by atoms with E-state index in [1.54, 1.807) is 22.7 Å². The van der Waals surface area contributed by atoms with Gasteiger partial charge in [0.2, 0.25) is 11.8 Å². The fourth-order valence-corrected chi connectivity index (χ4v) is 4.76. The molecular weight excluding hydrogens is 464 g/mol. The first-order valence-corrected chi connectivity index (χ1v) is 13.0. The van der Waals surface area contributed by atoms with E-state index in [0.29, 0.717) is 18.0 Å². The molecule has 178 valence electrons. The Balaban J connectivity index is 1.85. The van der Waals surface area contributed by atoms with Crippen molar-refractivity contribution in [3.63, 3.8) is 0 Å². The summed E-state index contributed by atoms with van der Waals surface area (Å²) in [5.41, 5.74) is 3.07. The number of carbonyl (C=O) groups is 2. The molecule has 0 spiro atoms. The number of halogens is 1. The Labute approximate surface area is 211 Å². The summed E-state index contributed by atoms with van der Waals surface area (Å²) in [5.74, 6) is 0.803. The molecule has 1 atom stereocenters. The molecule has 1 N–H and O–H groups in total. The van der Waals surface area contributed by atoms with Gasteiger partial charge < -0.3 is 10.2 Å². The van der Waals surface area contributed by atoms with Crippen LogP contribution in [0, 0.1) is 0 Å². The van der Waals surface area contributed by atoms with Crippen LogP contribution in [0.25, 0.3) is 0 Å². The summed E-state index contributed by atoms with van der Waals surface area (Å²) < 4.78 is 0. The highest BCUT2D eigenvalue weighted by Gasteiger charge is 2.30. The zero-order valence-electron chi connectivity index (χ0n) is 19.6. The first-order chi connectivity index (χ1) is 16.4. The lowest BCUT2D eigenvalue weighted by atomic mass is 10.0. The van der Waals surface area contributed by atoms with Crippen molar-refractivity contribution in [2.75, 3.05) is 5.75 Å². The molecule has 0 bridgehead atoms. The van der Waals surface area contributed by atoms with Gasteiger partial charge in [-0.15, -0.1) is 11.8 Å². The summed E-state index contributed by atoms with van der Waals surface area (Å²) in [4.78, 5) is 28.6. The van der Waals surface area contributed by atoms with Crippen LogP contribution < -0.4 is 5.32 Å². The van der Waals surface area contributed by atoms with Crippen LogP contribution in [0.4, 0.5) is 0 Å². The van der Waals surface area contributed by atoms with Crippen LogP contribution in [0.3, 0.4) is 0 Å². The SMILES string of the molecule is CC(C)NC(=O)[C@@H](Cc1ccccc1)N(Cc1cccc(Cl)c1)C(=O)CSCc1ccccc1. The second kappa shape index (κ2) is 13.2. The molecule has 0 heterocycles. The Kier molecular flexibility index (Phi) is 10.0. The van der Waals surface area contributed by atoms with Crippen LogP contribution in [0.5, 0.6) is 0 Å². The van der Waals surface area contributed by atoms with E-state index >= 15 is 0 Å². The fourth-order valence-electron chi connectivity index (χ4n) is 3.68. The Hall–Kier alpha value is -2.76. The third-order valence-electron chi connectivity index (χ3n) is 5.28. The van der Waals surface area contributed by atoms with Gasteiger partial charge >= 0.3 is 0 Å². The summed E-state index contributed by atoms with van der Waals surface area (Å²) >= 11 is 7.77. The predicted molar refractivity (Wildman–Crippen MR) is 142 cm³/mol. The van der Waals surface area contributed by atoms with Gasteiger partial charge in [0.05, 0.1) is 5.75 Å². The third-order valence-corrected chi connectivity index (χ3v) is 6.50. The van der Waals surface area contributed by atoms with Gasteiger partial charge in [0.1, 0.15) is 6.04 Å². The Morgan fingerprint density at radius 3 is 2.12 bits per heavy atom. The van der Waals surface area contributed by atoms with Crippen LogP contribution in [0.2, 0.25) is 5.02 Å². The zero-order chi connectivity index (χ0) is 24.3. The first-order valence-electron chi connectivity index (χ1n) is 11.4. The number of nitrogens with one attached hydrogen (secondary N) is 1. The van der Waals surface area contributed by atoms with Crippen LogP contribution in [0.15, 0.2) is 84.9 Å². The molecule has 4 nitrogen and oxygen atoms in total. The number of carbonyl (C=O) groups excluding carboxylic acids is 2. The minimum atomic E-state index is -0.631. The summed E-state index contributed by atoms with van der Waals surface area (Å²) in [5, 5.41) is 3.62. The second-order valence-electron chi connectivity index (χ2n) is 8.50. The summed E-state index contributed by atoms with van der Waals surface area (Å²) in [7, 11) is 0. The van der Waals surface area contributed by atoms with Gasteiger partial charge in [0.25, 0.3) is 0 Å². The number of benzene rings is 3. The molecule has 2 amide bonds. The molecule has 3 aromatic carbocycles. The Morgan fingerprint density at radius 2 is 1.50 bits per heavy atom. The maximum absolute atomic E-state index is 13.5. The molecule has 0 aliphatic carbocycles. The lowest BCUT2D eigenvalue weighted by Gasteiger charge is -2.32. The molecule has 0 fully saturated rings. The minimum absolute atomic E-state index is 0.0265. The molecule has 0 aliphatic heterocycles. The van der Waals surface area contributed by atoms with Crippen molar-refractivity contribution in [2.24, 2.45) is 0 Å². The molecule has 0 saturated heterocycles. The van der Waals surface area contributed by atoms with E-state index in [4.69, 9.17) is 11.6 Å². The summed E-state index contributed by atoms with van der Waals surface area (Å²) in [6, 6.07) is 26.7. The van der Waals surface area contributed by atoms with E-state index in [0.717, 1.165) is 16.9 Å². The maximum atomic E-state index is 13.5. The third kappa shape index (κ3) is 8.23. The van der Waals surface area contributed by atoms with Gasteiger partial charge in [-0.2, -0.15) is 0 Å². The van der Waals surface area contributed by atoms with Crippen molar-refractivity contribution < 1.29 is 9.59 Å². The molecule has 34 heavy (non-hydrogen) atoms. The highest BCUT2D eigenvalue weighted by atomic mass is 35.5. The number of rotatable bonds is 11. The lowest BCUT2D eigenvalue weighted by molar-refractivity contribution is -0.139. The highest BCUT2D eigenvalue weighted by Crippen LogP contribution is 2.20. The van der Waals surface area contributed by atoms with E-state index in [2.05, 4.69) is 17.4 Å². The molecule has 6 heteroatoms. The number of hydrogen-bond acceptors (Lipinski definition) is 3. The quantitative estimate of drug-likeness (QED) is 0.370. The molecule has 0 saturated carbocycles. The Bertz CT molecular complexity index is 1060. The molecule has 0 unspecified atom stereocenters. The highest BCUT2D eigenvalue weighted by molar-refractivity contribution is 7.99. The van der Waals surface area contributed by atoms with E-state index in [1.165, 1.54) is 5.56 Å². The van der Waals surface area contributed by atoms with Gasteiger partial charge in [-0.05, 0) is 42.7 Å². The van der Waals surface area contributed by atoms with E-state index in [-0.39, 0.29) is 23.6 Å². The van der Waals surface area contributed by atoms with Gasteiger partial charge in [0.15, 0.2) is 0 Å². The molecule has 0 aliphatic rings. The van der Waals surface area contributed by atoms with Crippen molar-refractivity contribution in [1.29, 1.82) is 0 Å². The van der Waals surface area contributed by atoms with Crippen LogP contribution in [-0.4, -0.2) is 34.6 Å². The van der Waals surface area contributed by atoms with E-state index < -0.39 is 6.04 Å². The van der Waals surface area contributed by atoms with Crippen molar-refractivity contribution in [1.82, 2.24) is 10.2 Å². The number of amides is 2. The average Bonchev–Trinajstić information content (AvgIpc) is 2.82. The summed E-state index contributed by atoms with van der Waals surface area (Å²) in [6.07, 6.45) is 0.440. The van der Waals surface area contributed by atoms with Gasteiger partial charge in [-0.1, -0.05) is 84.4 Å². The second-order valence-corrected chi connectivity index (χ2v) is 9.92. The van der Waals surface area contributed by atoms with Gasteiger partial charge in [-0.3, -0.25) is 9.59 Å². The fraction of sp³-hybridized carbons (Fsp3) is 0.286. The van der Waals surface area contributed by atoms with Crippen molar-refractivity contribution in [2.45, 2.75) is 44.6 Å². The van der Waals surface area contributed by atoms with Crippen LogP contribution in [-0.2, 0) is 28.3 Å². The molecule has 0 radical (unpaired) electrons. The minimum Gasteiger partial charge on any atom is -0.352 e. The number of nitrogens with zero attached hydrogens (tertiary/aromatic N) is 1. The van der Waals surface area contributed by atoms with Gasteiger partial charge in [-0.25, -0.2) is 0 Å². The molecule has 3 aromatic rings. The standard InChI is InChI=1S/C28H31ClN2O2S/c1-21(2)30-28(33)26(17-22-10-5-3-6-11-22)31(18-24-14-9-15-25(29)16-24)27(32)20-34-19-23-12-7-4-8-13-23/h3-16,21,26H,17-20H2,1-2H3,(H,30,33)/t26-/m1/s1. The van der Waals surface area contributed by atoms with Crippen molar-refractivity contribution in [3.8, 4) is 0 Å². The predicted octanol–water partition coefficient (Wildman–Crippen LogP) is 5.74. The normalized spacial score (nSPS) is 11.8. The number of thioether (sulfide) groups is 1. The molecule has 0 aromatic heterocycles. The van der Waals surface area contributed by atoms with Crippen molar-refractivity contribution >= 4 is 35.2 Å². The topological polar surface area (TPSA) is 49.4 Å². The van der Waals surface area contributed by atoms with Gasteiger partial charge in [0, 0.05) is 29.8 Å². The van der Waals surface area contributed by atoms with Crippen LogP contribution >= 0.6 is 23.4 Å². The molecular formula is C28H31ClN2O2S.